The maximum atomic E-state index is 12.4. The molecule has 22 heavy (non-hydrogen) atoms. The van der Waals surface area contributed by atoms with Crippen LogP contribution in [0.5, 0.6) is 5.75 Å². The van der Waals surface area contributed by atoms with Crippen molar-refractivity contribution >= 4 is 0 Å². The van der Waals surface area contributed by atoms with Crippen LogP contribution in [-0.4, -0.2) is 17.6 Å². The Morgan fingerprint density at radius 2 is 2.00 bits per heavy atom. The minimum Gasteiger partial charge on any atom is -0.493 e. The highest BCUT2D eigenvalue weighted by molar-refractivity contribution is 5.39. The molecule has 1 heterocycles. The lowest BCUT2D eigenvalue weighted by atomic mass is 10.0. The first-order chi connectivity index (χ1) is 10.6. The number of hydrogen-bond donors (Lipinski definition) is 0. The minimum atomic E-state index is -2.32. The molecule has 0 radical (unpaired) electrons. The van der Waals surface area contributed by atoms with Crippen LogP contribution in [-0.2, 0) is 0 Å². The van der Waals surface area contributed by atoms with Crippen molar-refractivity contribution in [3.8, 4) is 11.4 Å². The molecule has 118 valence electrons. The summed E-state index contributed by atoms with van der Waals surface area (Å²) in [5.41, 5.74) is 0.550. The smallest absolute Gasteiger partial charge is 0.255 e. The molecule has 0 aliphatic heterocycles. The van der Waals surface area contributed by atoms with Crippen LogP contribution in [0.25, 0.3) is 5.69 Å². The molecule has 1 unspecified atom stereocenters. The Morgan fingerprint density at radius 1 is 1.18 bits per heavy atom. The zero-order chi connectivity index (χ0) is 15.9. The quantitative estimate of drug-likeness (QED) is 0.777. The van der Waals surface area contributed by atoms with Gasteiger partial charge in [0.25, 0.3) is 5.56 Å². The van der Waals surface area contributed by atoms with Gasteiger partial charge in [-0.05, 0) is 30.5 Å². The molecule has 0 saturated carbocycles. The maximum Gasteiger partial charge on any atom is 0.255 e. The standard InChI is InChI=1S/C17H19F2NO2/c1-2-13(10-16(18)19)12-22-15-7-5-6-14(11-15)20-9-4-3-8-17(20)21/h3-9,11,13,16H,2,10,12H2,1H3. The van der Waals surface area contributed by atoms with Crippen LogP contribution in [0.15, 0.2) is 53.5 Å². The fraction of sp³-hybridized carbons (Fsp3) is 0.353. The second kappa shape index (κ2) is 7.73. The molecular weight excluding hydrogens is 288 g/mol. The van der Waals surface area contributed by atoms with E-state index in [2.05, 4.69) is 0 Å². The summed E-state index contributed by atoms with van der Waals surface area (Å²) >= 11 is 0. The number of aromatic nitrogens is 1. The highest BCUT2D eigenvalue weighted by atomic mass is 19.3. The lowest BCUT2D eigenvalue weighted by Crippen LogP contribution is -2.16. The summed E-state index contributed by atoms with van der Waals surface area (Å²) < 4.78 is 32.0. The topological polar surface area (TPSA) is 31.2 Å². The summed E-state index contributed by atoms with van der Waals surface area (Å²) in [6.45, 7) is 2.12. The van der Waals surface area contributed by atoms with E-state index in [4.69, 9.17) is 4.74 Å². The highest BCUT2D eigenvalue weighted by Crippen LogP contribution is 2.19. The molecule has 1 atom stereocenters. The summed E-state index contributed by atoms with van der Waals surface area (Å²) in [6.07, 6.45) is -0.161. The van der Waals surface area contributed by atoms with Gasteiger partial charge in [-0.15, -0.1) is 0 Å². The van der Waals surface area contributed by atoms with Gasteiger partial charge in [0.05, 0.1) is 12.3 Å². The molecule has 2 rings (SSSR count). The Bertz CT molecular complexity index is 655. The monoisotopic (exact) mass is 307 g/mol. The second-order valence-electron chi connectivity index (χ2n) is 5.12. The van der Waals surface area contributed by atoms with Gasteiger partial charge in [-0.1, -0.05) is 19.1 Å². The normalized spacial score (nSPS) is 12.4. The van der Waals surface area contributed by atoms with E-state index in [1.54, 1.807) is 42.6 Å². The number of hydrogen-bond acceptors (Lipinski definition) is 2. The molecule has 0 aliphatic carbocycles. The number of ether oxygens (including phenoxy) is 1. The fourth-order valence-electron chi connectivity index (χ4n) is 2.18. The molecule has 1 aromatic heterocycles. The van der Waals surface area contributed by atoms with Crippen molar-refractivity contribution in [2.75, 3.05) is 6.61 Å². The van der Waals surface area contributed by atoms with E-state index in [0.29, 0.717) is 17.9 Å². The van der Waals surface area contributed by atoms with E-state index in [9.17, 15) is 13.6 Å². The van der Waals surface area contributed by atoms with Gasteiger partial charge in [0.1, 0.15) is 5.75 Å². The Morgan fingerprint density at radius 3 is 2.68 bits per heavy atom. The predicted octanol–water partition coefficient (Wildman–Crippen LogP) is 3.90. The van der Waals surface area contributed by atoms with Gasteiger partial charge in [-0.25, -0.2) is 8.78 Å². The largest absolute Gasteiger partial charge is 0.493 e. The number of benzene rings is 1. The predicted molar refractivity (Wildman–Crippen MR) is 81.9 cm³/mol. The first kappa shape index (κ1) is 16.2. The van der Waals surface area contributed by atoms with Crippen LogP contribution in [0.3, 0.4) is 0 Å². The first-order valence-electron chi connectivity index (χ1n) is 7.29. The van der Waals surface area contributed by atoms with Crippen LogP contribution < -0.4 is 10.3 Å². The van der Waals surface area contributed by atoms with Gasteiger partial charge in [0.2, 0.25) is 6.43 Å². The van der Waals surface area contributed by atoms with Gasteiger partial charge in [0.15, 0.2) is 0 Å². The molecule has 2 aromatic rings. The average Bonchev–Trinajstić information content (AvgIpc) is 2.52. The lowest BCUT2D eigenvalue weighted by molar-refractivity contribution is 0.0960. The van der Waals surface area contributed by atoms with Crippen molar-refractivity contribution < 1.29 is 13.5 Å². The lowest BCUT2D eigenvalue weighted by Gasteiger charge is -2.16. The molecule has 0 saturated heterocycles. The van der Waals surface area contributed by atoms with Gasteiger partial charge in [0, 0.05) is 24.8 Å². The number of nitrogens with zero attached hydrogens (tertiary/aromatic N) is 1. The molecule has 0 fully saturated rings. The number of alkyl halides is 2. The second-order valence-corrected chi connectivity index (χ2v) is 5.12. The Labute approximate surface area is 128 Å². The van der Waals surface area contributed by atoms with Crippen molar-refractivity contribution in [1.82, 2.24) is 4.57 Å². The Kier molecular flexibility index (Phi) is 5.69. The molecule has 0 N–H and O–H groups in total. The Balaban J connectivity index is 2.09. The van der Waals surface area contributed by atoms with Crippen molar-refractivity contribution in [1.29, 1.82) is 0 Å². The van der Waals surface area contributed by atoms with Crippen LogP contribution in [0, 0.1) is 5.92 Å². The van der Waals surface area contributed by atoms with Crippen molar-refractivity contribution in [3.63, 3.8) is 0 Å². The fourth-order valence-corrected chi connectivity index (χ4v) is 2.18. The SMILES string of the molecule is CCC(COc1cccc(-n2ccccc2=O)c1)CC(F)F. The number of halogens is 2. The molecule has 0 aliphatic rings. The third kappa shape index (κ3) is 4.41. The summed E-state index contributed by atoms with van der Waals surface area (Å²) in [5.74, 6) is 0.393. The van der Waals surface area contributed by atoms with Gasteiger partial charge >= 0.3 is 0 Å². The van der Waals surface area contributed by atoms with Crippen LogP contribution in [0.1, 0.15) is 19.8 Å². The zero-order valence-electron chi connectivity index (χ0n) is 12.4. The molecular formula is C17H19F2NO2. The molecule has 0 spiro atoms. The van der Waals surface area contributed by atoms with Crippen LogP contribution >= 0.6 is 0 Å². The molecule has 5 heteroatoms. The van der Waals surface area contributed by atoms with Crippen LogP contribution in [0.2, 0.25) is 0 Å². The van der Waals surface area contributed by atoms with E-state index in [1.807, 2.05) is 6.92 Å². The third-order valence-corrected chi connectivity index (χ3v) is 3.49. The van der Waals surface area contributed by atoms with E-state index in [0.717, 1.165) is 0 Å². The minimum absolute atomic E-state index is 0.135. The Hall–Kier alpha value is -2.17. The first-order valence-corrected chi connectivity index (χ1v) is 7.29. The summed E-state index contributed by atoms with van der Waals surface area (Å²) in [7, 11) is 0. The van der Waals surface area contributed by atoms with Crippen molar-refractivity contribution in [2.45, 2.75) is 26.2 Å². The van der Waals surface area contributed by atoms with E-state index in [-0.39, 0.29) is 24.5 Å². The van der Waals surface area contributed by atoms with Gasteiger partial charge < -0.3 is 4.74 Å². The summed E-state index contributed by atoms with van der Waals surface area (Å²) in [4.78, 5) is 11.8. The van der Waals surface area contributed by atoms with Crippen molar-refractivity contribution in [3.05, 3.63) is 59.0 Å². The highest BCUT2D eigenvalue weighted by Gasteiger charge is 2.14. The molecule has 3 nitrogen and oxygen atoms in total. The summed E-state index contributed by atoms with van der Waals surface area (Å²) in [5, 5.41) is 0. The molecule has 0 amide bonds. The van der Waals surface area contributed by atoms with Crippen molar-refractivity contribution in [2.24, 2.45) is 5.92 Å². The maximum absolute atomic E-state index is 12.4. The average molecular weight is 307 g/mol. The number of pyridine rings is 1. The third-order valence-electron chi connectivity index (χ3n) is 3.49. The molecule has 0 bridgehead atoms. The molecule has 1 aromatic carbocycles. The zero-order valence-corrected chi connectivity index (χ0v) is 12.4. The van der Waals surface area contributed by atoms with E-state index in [1.165, 1.54) is 10.6 Å². The van der Waals surface area contributed by atoms with Gasteiger partial charge in [-0.2, -0.15) is 0 Å². The van der Waals surface area contributed by atoms with E-state index >= 15 is 0 Å². The van der Waals surface area contributed by atoms with Gasteiger partial charge in [-0.3, -0.25) is 9.36 Å². The van der Waals surface area contributed by atoms with E-state index < -0.39 is 6.43 Å². The summed E-state index contributed by atoms with van der Waals surface area (Å²) in [6, 6.07) is 12.0. The number of rotatable bonds is 7. The van der Waals surface area contributed by atoms with Crippen LogP contribution in [0.4, 0.5) is 8.78 Å².